The molecule has 4 bridgehead atoms. The van der Waals surface area contributed by atoms with E-state index in [4.69, 9.17) is 24.4 Å². The number of rotatable bonds is 7. The third-order valence-corrected chi connectivity index (χ3v) is 10.5. The standard InChI is InChI=1S/C35H41F2N9O4/c1-2-43-11-13-44(14-12-43)32(47)22-5-9-24(10-6-22)39-35(48)38-23-7-3-21(4-8-23)31-40-33(45-25-15-27(36)29(45)19-49-17-25)42-34(41-31)46-26-16-28(37)30(46)20-50-18-26/h3-10,25-30H,2,11-20H2,1H3,(H2,38,39,48). The largest absolute Gasteiger partial charge is 0.377 e. The van der Waals surface area contributed by atoms with Crippen LogP contribution in [0.1, 0.15) is 30.1 Å². The van der Waals surface area contributed by atoms with Crippen LogP contribution in [-0.4, -0.2) is 132 Å². The average molecular weight is 690 g/mol. The molecular formula is C35H41F2N9O4. The topological polar surface area (TPSA) is 128 Å². The molecule has 0 radical (unpaired) electrons. The van der Waals surface area contributed by atoms with Gasteiger partial charge in [0.2, 0.25) is 11.9 Å². The summed E-state index contributed by atoms with van der Waals surface area (Å²) in [6.07, 6.45) is -1.47. The molecule has 6 unspecified atom stereocenters. The summed E-state index contributed by atoms with van der Waals surface area (Å²) in [5, 5.41) is 5.64. The second-order valence-corrected chi connectivity index (χ2v) is 13.6. The first-order valence-corrected chi connectivity index (χ1v) is 17.4. The lowest BCUT2D eigenvalue weighted by molar-refractivity contribution is 0.0643. The smallest absolute Gasteiger partial charge is 0.323 e. The van der Waals surface area contributed by atoms with E-state index in [0.717, 1.165) is 19.6 Å². The molecule has 5 aliphatic rings. The number of carbonyl (C=O) groups excluding carboxylic acids is 2. The summed E-state index contributed by atoms with van der Waals surface area (Å²) in [6, 6.07) is 12.1. The van der Waals surface area contributed by atoms with Crippen LogP contribution in [0.15, 0.2) is 48.5 Å². The van der Waals surface area contributed by atoms with E-state index in [1.54, 1.807) is 48.5 Å². The lowest BCUT2D eigenvalue weighted by Crippen LogP contribution is -2.50. The molecule has 264 valence electrons. The molecule has 2 N–H and O–H groups in total. The van der Waals surface area contributed by atoms with Gasteiger partial charge in [-0.05, 0) is 55.1 Å². The molecule has 1 aromatic heterocycles. The summed E-state index contributed by atoms with van der Waals surface area (Å²) in [5.41, 5.74) is 2.33. The van der Waals surface area contributed by atoms with Crippen molar-refractivity contribution in [1.82, 2.24) is 24.8 Å². The third kappa shape index (κ3) is 6.33. The second-order valence-electron chi connectivity index (χ2n) is 13.6. The van der Waals surface area contributed by atoms with Gasteiger partial charge in [-0.2, -0.15) is 15.0 Å². The number of nitrogens with zero attached hydrogens (tertiary/aromatic N) is 7. The number of aromatic nitrogens is 3. The van der Waals surface area contributed by atoms with Crippen LogP contribution in [0.2, 0.25) is 0 Å². The van der Waals surface area contributed by atoms with Crippen LogP contribution in [0.5, 0.6) is 0 Å². The fourth-order valence-electron chi connectivity index (χ4n) is 7.75. The van der Waals surface area contributed by atoms with Gasteiger partial charge in [0.05, 0.1) is 50.6 Å². The van der Waals surface area contributed by atoms with Gasteiger partial charge >= 0.3 is 6.03 Å². The number of halogens is 2. The summed E-state index contributed by atoms with van der Waals surface area (Å²) in [5.74, 6) is 1.05. The minimum Gasteiger partial charge on any atom is -0.377 e. The molecular weight excluding hydrogens is 648 g/mol. The summed E-state index contributed by atoms with van der Waals surface area (Å²) in [7, 11) is 0. The monoisotopic (exact) mass is 689 g/mol. The molecule has 5 aliphatic heterocycles. The predicted molar refractivity (Wildman–Crippen MR) is 183 cm³/mol. The molecule has 8 rings (SSSR count). The lowest BCUT2D eigenvalue weighted by atomic mass is 10.1. The number of hydrogen-bond donors (Lipinski definition) is 2. The SMILES string of the molecule is CCN1CCN(C(=O)c2ccc(NC(=O)Nc3ccc(-c4nc(N5C6COCC5C(F)C6)nc(N5C6COCC5C(F)C6)n4)cc3)cc2)CC1. The fraction of sp³-hybridized carbons (Fsp3) is 0.514. The molecule has 5 fully saturated rings. The van der Waals surface area contributed by atoms with E-state index >= 15 is 0 Å². The fourth-order valence-corrected chi connectivity index (χ4v) is 7.75. The van der Waals surface area contributed by atoms with Crippen molar-refractivity contribution in [3.05, 3.63) is 54.1 Å². The van der Waals surface area contributed by atoms with Crippen LogP contribution in [0.25, 0.3) is 11.4 Å². The molecule has 2 aromatic carbocycles. The third-order valence-electron chi connectivity index (χ3n) is 10.5. The van der Waals surface area contributed by atoms with Gasteiger partial charge in [-0.25, -0.2) is 13.6 Å². The van der Waals surface area contributed by atoms with E-state index in [9.17, 15) is 18.4 Å². The van der Waals surface area contributed by atoms with Crippen LogP contribution in [0.4, 0.5) is 36.8 Å². The van der Waals surface area contributed by atoms with E-state index in [0.29, 0.717) is 79.4 Å². The van der Waals surface area contributed by atoms with Crippen LogP contribution in [0, 0.1) is 0 Å². The Kier molecular flexibility index (Phi) is 8.95. The van der Waals surface area contributed by atoms with Crippen LogP contribution >= 0.6 is 0 Å². The number of benzene rings is 2. The highest BCUT2D eigenvalue weighted by molar-refractivity contribution is 6.00. The average Bonchev–Trinajstić information content (AvgIpc) is 3.45. The highest BCUT2D eigenvalue weighted by Crippen LogP contribution is 2.38. The number of piperazine rings is 1. The van der Waals surface area contributed by atoms with Crippen molar-refractivity contribution in [2.75, 3.05) is 79.6 Å². The number of hydrogen-bond acceptors (Lipinski definition) is 10. The Morgan fingerprint density at radius 1 is 0.740 bits per heavy atom. The number of morpholine rings is 2. The molecule has 15 heteroatoms. The zero-order valence-corrected chi connectivity index (χ0v) is 27.9. The van der Waals surface area contributed by atoms with E-state index in [2.05, 4.69) is 22.5 Å². The predicted octanol–water partition coefficient (Wildman–Crippen LogP) is 3.59. The Morgan fingerprint density at radius 3 is 1.76 bits per heavy atom. The second kappa shape index (κ2) is 13.7. The van der Waals surface area contributed by atoms with Gasteiger partial charge in [-0.1, -0.05) is 6.92 Å². The molecule has 13 nitrogen and oxygen atoms in total. The van der Waals surface area contributed by atoms with Crippen LogP contribution in [-0.2, 0) is 9.47 Å². The van der Waals surface area contributed by atoms with Gasteiger partial charge in [0.1, 0.15) is 12.3 Å². The highest BCUT2D eigenvalue weighted by Gasteiger charge is 2.49. The first-order valence-electron chi connectivity index (χ1n) is 17.4. The van der Waals surface area contributed by atoms with E-state index in [1.165, 1.54) is 0 Å². The maximum Gasteiger partial charge on any atom is 0.323 e. The number of likely N-dealkylation sites (N-methyl/N-ethyl adjacent to an activating group) is 1. The van der Waals surface area contributed by atoms with E-state index in [1.807, 2.05) is 14.7 Å². The van der Waals surface area contributed by atoms with Crippen molar-refractivity contribution >= 4 is 35.2 Å². The van der Waals surface area contributed by atoms with Crippen molar-refractivity contribution < 1.29 is 27.8 Å². The van der Waals surface area contributed by atoms with Crippen molar-refractivity contribution in [2.24, 2.45) is 0 Å². The minimum absolute atomic E-state index is 0.0120. The van der Waals surface area contributed by atoms with Crippen molar-refractivity contribution in [3.8, 4) is 11.4 Å². The molecule has 6 atom stereocenters. The van der Waals surface area contributed by atoms with Gasteiger partial charge in [0.15, 0.2) is 5.82 Å². The van der Waals surface area contributed by atoms with Crippen molar-refractivity contribution in [3.63, 3.8) is 0 Å². The molecule has 50 heavy (non-hydrogen) atoms. The molecule has 0 saturated carbocycles. The van der Waals surface area contributed by atoms with Crippen molar-refractivity contribution in [1.29, 1.82) is 0 Å². The number of amides is 3. The number of ether oxygens (including phenoxy) is 2. The Morgan fingerprint density at radius 2 is 1.26 bits per heavy atom. The number of fused-ring (bicyclic) bond motifs is 4. The summed E-state index contributed by atoms with van der Waals surface area (Å²) < 4.78 is 41.2. The van der Waals surface area contributed by atoms with Gasteiger partial charge in [0, 0.05) is 61.5 Å². The van der Waals surface area contributed by atoms with Crippen LogP contribution < -0.4 is 20.4 Å². The van der Waals surface area contributed by atoms with E-state index < -0.39 is 30.5 Å². The van der Waals surface area contributed by atoms with Crippen molar-refractivity contribution in [2.45, 2.75) is 56.3 Å². The molecule has 0 aliphatic carbocycles. The highest BCUT2D eigenvalue weighted by atomic mass is 19.1. The number of carbonyl (C=O) groups is 2. The first kappa shape index (κ1) is 32.7. The zero-order valence-electron chi connectivity index (χ0n) is 27.9. The number of anilines is 4. The summed E-state index contributed by atoms with van der Waals surface area (Å²) in [6.45, 7) is 7.48. The molecule has 3 amide bonds. The Hall–Kier alpha value is -4.47. The van der Waals surface area contributed by atoms with Gasteiger partial charge in [-0.3, -0.25) is 4.79 Å². The lowest BCUT2D eigenvalue weighted by Gasteiger charge is -2.37. The molecule has 6 heterocycles. The zero-order chi connectivity index (χ0) is 34.4. The maximum absolute atomic E-state index is 15.0. The minimum atomic E-state index is -1.07. The Balaban J connectivity index is 0.967. The van der Waals surface area contributed by atoms with Gasteiger partial charge in [-0.15, -0.1) is 0 Å². The first-order chi connectivity index (χ1) is 24.3. The quantitative estimate of drug-likeness (QED) is 0.380. The van der Waals surface area contributed by atoms with Gasteiger partial charge in [0.25, 0.3) is 5.91 Å². The van der Waals surface area contributed by atoms with Gasteiger partial charge < -0.3 is 39.7 Å². The number of urea groups is 1. The Labute approximate surface area is 288 Å². The Bertz CT molecular complexity index is 1660. The molecule has 0 spiro atoms. The summed E-state index contributed by atoms with van der Waals surface area (Å²) >= 11 is 0. The van der Waals surface area contributed by atoms with Crippen LogP contribution in [0.3, 0.4) is 0 Å². The summed E-state index contributed by atoms with van der Waals surface area (Å²) in [4.78, 5) is 48.2. The van der Waals surface area contributed by atoms with E-state index in [-0.39, 0.29) is 31.2 Å². The number of alkyl halides is 2. The number of nitrogens with one attached hydrogen (secondary N) is 2. The normalized spacial score (nSPS) is 27.8. The molecule has 5 saturated heterocycles. The maximum atomic E-state index is 15.0. The molecule has 3 aromatic rings.